The van der Waals surface area contributed by atoms with Crippen LogP contribution in [-0.2, 0) is 19.5 Å². The molecule has 0 unspecified atom stereocenters. The lowest BCUT2D eigenvalue weighted by Crippen LogP contribution is -2.41. The van der Waals surface area contributed by atoms with Crippen LogP contribution >= 0.6 is 0 Å². The summed E-state index contributed by atoms with van der Waals surface area (Å²) in [6.45, 7) is 20.8. The first-order chi connectivity index (χ1) is 13.5. The van der Waals surface area contributed by atoms with Crippen LogP contribution in [0.1, 0.15) is 74.8 Å². The molecular formula is C23H38BNO5. The van der Waals surface area contributed by atoms with Crippen molar-refractivity contribution < 1.29 is 23.6 Å². The summed E-state index contributed by atoms with van der Waals surface area (Å²) in [7, 11) is -0.418. The van der Waals surface area contributed by atoms with Gasteiger partial charge in [-0.1, -0.05) is 32.9 Å². The third-order valence-corrected chi connectivity index (χ3v) is 5.36. The summed E-state index contributed by atoms with van der Waals surface area (Å²) in [6, 6.07) is 6.03. The van der Waals surface area contributed by atoms with Crippen molar-refractivity contribution in [1.29, 1.82) is 0 Å². The van der Waals surface area contributed by atoms with Crippen molar-refractivity contribution in [1.82, 2.24) is 5.32 Å². The molecule has 0 bridgehead atoms. The van der Waals surface area contributed by atoms with E-state index in [1.165, 1.54) is 0 Å². The fraction of sp³-hybridized carbons (Fsp3) is 0.696. The average Bonchev–Trinajstić information content (AvgIpc) is 2.77. The van der Waals surface area contributed by atoms with Crippen molar-refractivity contribution in [2.45, 2.75) is 91.5 Å². The molecule has 2 rings (SSSR count). The Morgan fingerprint density at radius 2 is 1.60 bits per heavy atom. The quantitative estimate of drug-likeness (QED) is 0.573. The van der Waals surface area contributed by atoms with Gasteiger partial charge in [-0.05, 0) is 71.0 Å². The van der Waals surface area contributed by atoms with Gasteiger partial charge in [0.25, 0.3) is 0 Å². The van der Waals surface area contributed by atoms with Gasteiger partial charge < -0.3 is 24.1 Å². The number of benzene rings is 1. The third kappa shape index (κ3) is 6.14. The second-order valence-corrected chi connectivity index (χ2v) is 10.9. The number of hydrogen-bond donors (Lipinski definition) is 1. The van der Waals surface area contributed by atoms with E-state index in [2.05, 4.69) is 32.2 Å². The van der Waals surface area contributed by atoms with Crippen LogP contribution in [0.3, 0.4) is 0 Å². The second-order valence-electron chi connectivity index (χ2n) is 10.9. The number of carbonyl (C=O) groups excluding carboxylic acids is 1. The summed E-state index contributed by atoms with van der Waals surface area (Å²) in [5.41, 5.74) is 0.607. The zero-order valence-corrected chi connectivity index (χ0v) is 20.3. The van der Waals surface area contributed by atoms with Crippen molar-refractivity contribution in [3.05, 3.63) is 23.8 Å². The van der Waals surface area contributed by atoms with Gasteiger partial charge in [0.15, 0.2) is 0 Å². The number of amides is 1. The molecular weight excluding hydrogens is 381 g/mol. The molecule has 1 heterocycles. The Morgan fingerprint density at radius 3 is 2.10 bits per heavy atom. The number of ether oxygens (including phenoxy) is 2. The molecule has 1 aromatic carbocycles. The fourth-order valence-electron chi connectivity index (χ4n) is 3.01. The molecule has 1 amide bonds. The van der Waals surface area contributed by atoms with Crippen molar-refractivity contribution in [3.8, 4) is 5.75 Å². The standard InChI is InChI=1S/C23H38BNO5/c1-20(2,3)17-15-16(24-29-22(7,8)23(9,10)30-24)11-12-18(17)27-14-13-25-19(26)28-21(4,5)6/h11-12,15H,13-14H2,1-10H3,(H,25,26). The first-order valence-electron chi connectivity index (χ1n) is 10.6. The summed E-state index contributed by atoms with van der Waals surface area (Å²) in [5.74, 6) is 0.786. The van der Waals surface area contributed by atoms with Gasteiger partial charge in [0.2, 0.25) is 0 Å². The maximum absolute atomic E-state index is 11.8. The van der Waals surface area contributed by atoms with Gasteiger partial charge in [0.05, 0.1) is 17.7 Å². The molecule has 0 atom stereocenters. The SMILES string of the molecule is CC(C)(C)OC(=O)NCCOc1ccc(B2OC(C)(C)C(C)(C)O2)cc1C(C)(C)C. The predicted octanol–water partition coefficient (Wildman–Crippen LogP) is 4.19. The Bertz CT molecular complexity index is 746. The first-order valence-corrected chi connectivity index (χ1v) is 10.6. The van der Waals surface area contributed by atoms with Crippen LogP contribution in [0.2, 0.25) is 0 Å². The molecule has 30 heavy (non-hydrogen) atoms. The molecule has 0 radical (unpaired) electrons. The van der Waals surface area contributed by atoms with Gasteiger partial charge in [-0.3, -0.25) is 0 Å². The van der Waals surface area contributed by atoms with E-state index in [0.29, 0.717) is 13.2 Å². The van der Waals surface area contributed by atoms with E-state index in [0.717, 1.165) is 16.8 Å². The summed E-state index contributed by atoms with van der Waals surface area (Å²) in [5, 5.41) is 2.72. The van der Waals surface area contributed by atoms with Crippen LogP contribution in [0.5, 0.6) is 5.75 Å². The highest BCUT2D eigenvalue weighted by Crippen LogP contribution is 2.37. The van der Waals surface area contributed by atoms with E-state index in [-0.39, 0.29) is 16.6 Å². The Kier molecular flexibility index (Phi) is 6.89. The Hall–Kier alpha value is -1.73. The first kappa shape index (κ1) is 24.5. The van der Waals surface area contributed by atoms with Crippen molar-refractivity contribution in [2.75, 3.05) is 13.2 Å². The monoisotopic (exact) mass is 419 g/mol. The predicted molar refractivity (Wildman–Crippen MR) is 121 cm³/mol. The number of rotatable bonds is 5. The molecule has 0 spiro atoms. The Morgan fingerprint density at radius 1 is 1.03 bits per heavy atom. The van der Waals surface area contributed by atoms with Gasteiger partial charge in [-0.2, -0.15) is 0 Å². The van der Waals surface area contributed by atoms with Crippen LogP contribution in [0, 0.1) is 0 Å². The largest absolute Gasteiger partial charge is 0.494 e. The van der Waals surface area contributed by atoms with E-state index in [1.807, 2.05) is 60.6 Å². The van der Waals surface area contributed by atoms with E-state index in [4.69, 9.17) is 18.8 Å². The van der Waals surface area contributed by atoms with E-state index < -0.39 is 18.8 Å². The molecule has 1 N–H and O–H groups in total. The second kappa shape index (κ2) is 8.43. The molecule has 0 aromatic heterocycles. The smallest absolute Gasteiger partial charge is 0.491 e. The molecule has 6 nitrogen and oxygen atoms in total. The number of alkyl carbamates (subject to hydrolysis) is 1. The van der Waals surface area contributed by atoms with Crippen LogP contribution < -0.4 is 15.5 Å². The van der Waals surface area contributed by atoms with Gasteiger partial charge in [0, 0.05) is 0 Å². The summed E-state index contributed by atoms with van der Waals surface area (Å²) < 4.78 is 23.6. The summed E-state index contributed by atoms with van der Waals surface area (Å²) >= 11 is 0. The minimum atomic E-state index is -0.520. The molecule has 1 aromatic rings. The molecule has 0 saturated carbocycles. The zero-order chi connectivity index (χ0) is 23.0. The van der Waals surface area contributed by atoms with Gasteiger partial charge in [-0.15, -0.1) is 0 Å². The molecule has 1 aliphatic heterocycles. The molecule has 1 aliphatic rings. The zero-order valence-electron chi connectivity index (χ0n) is 20.3. The van der Waals surface area contributed by atoms with Crippen molar-refractivity contribution in [2.24, 2.45) is 0 Å². The summed E-state index contributed by atoms with van der Waals surface area (Å²) in [4.78, 5) is 11.8. The van der Waals surface area contributed by atoms with E-state index in [9.17, 15) is 4.79 Å². The number of hydrogen-bond acceptors (Lipinski definition) is 5. The molecule has 168 valence electrons. The molecule has 1 saturated heterocycles. The third-order valence-electron chi connectivity index (χ3n) is 5.36. The lowest BCUT2D eigenvalue weighted by molar-refractivity contribution is 0.00578. The van der Waals surface area contributed by atoms with Crippen LogP contribution in [0.15, 0.2) is 18.2 Å². The van der Waals surface area contributed by atoms with Crippen molar-refractivity contribution in [3.63, 3.8) is 0 Å². The minimum Gasteiger partial charge on any atom is -0.491 e. The maximum atomic E-state index is 11.8. The number of nitrogens with one attached hydrogen (secondary N) is 1. The molecule has 1 fully saturated rings. The van der Waals surface area contributed by atoms with Crippen molar-refractivity contribution >= 4 is 18.7 Å². The fourth-order valence-corrected chi connectivity index (χ4v) is 3.01. The highest BCUT2D eigenvalue weighted by atomic mass is 16.7. The lowest BCUT2D eigenvalue weighted by atomic mass is 9.75. The topological polar surface area (TPSA) is 66.0 Å². The molecule has 7 heteroatoms. The van der Waals surface area contributed by atoms with E-state index >= 15 is 0 Å². The minimum absolute atomic E-state index is 0.131. The average molecular weight is 419 g/mol. The highest BCUT2D eigenvalue weighted by molar-refractivity contribution is 6.62. The number of carbonyl (C=O) groups is 1. The summed E-state index contributed by atoms with van der Waals surface area (Å²) in [6.07, 6.45) is -0.446. The Balaban J connectivity index is 2.08. The van der Waals surface area contributed by atoms with Crippen LogP contribution in [0.4, 0.5) is 4.79 Å². The highest BCUT2D eigenvalue weighted by Gasteiger charge is 2.51. The van der Waals surface area contributed by atoms with Gasteiger partial charge >= 0.3 is 13.2 Å². The Labute approximate surface area is 182 Å². The van der Waals surface area contributed by atoms with E-state index in [1.54, 1.807) is 0 Å². The van der Waals surface area contributed by atoms with Gasteiger partial charge in [0.1, 0.15) is 18.0 Å². The lowest BCUT2D eigenvalue weighted by Gasteiger charge is -2.32. The van der Waals surface area contributed by atoms with Gasteiger partial charge in [-0.25, -0.2) is 4.79 Å². The normalized spacial score (nSPS) is 18.3. The molecule has 0 aliphatic carbocycles. The van der Waals surface area contributed by atoms with Crippen LogP contribution in [0.25, 0.3) is 0 Å². The maximum Gasteiger partial charge on any atom is 0.494 e. The van der Waals surface area contributed by atoms with Crippen LogP contribution in [-0.4, -0.2) is 43.2 Å².